The first kappa shape index (κ1) is 23.4. The third-order valence-corrected chi connectivity index (χ3v) is 4.43. The van der Waals surface area contributed by atoms with Crippen LogP contribution >= 0.6 is 0 Å². The van der Waals surface area contributed by atoms with Crippen molar-refractivity contribution in [2.75, 3.05) is 37.4 Å². The molecule has 0 bridgehead atoms. The second kappa shape index (κ2) is 9.06. The van der Waals surface area contributed by atoms with Gasteiger partial charge in [0.25, 0.3) is 0 Å². The van der Waals surface area contributed by atoms with Crippen molar-refractivity contribution < 1.29 is 40.6 Å². The number of hydrogen-bond donors (Lipinski definition) is 2. The van der Waals surface area contributed by atoms with Crippen LogP contribution in [0.25, 0.3) is 0 Å². The molecule has 1 saturated heterocycles. The number of hydrogen-bond acceptors (Lipinski definition) is 7. The first-order valence-electron chi connectivity index (χ1n) is 9.10. The quantitative estimate of drug-likeness (QED) is 0.497. The van der Waals surface area contributed by atoms with Gasteiger partial charge in [0.1, 0.15) is 17.5 Å². The van der Waals surface area contributed by atoms with E-state index in [1.54, 1.807) is 0 Å². The number of aromatic nitrogens is 2. The van der Waals surface area contributed by atoms with Crippen molar-refractivity contribution in [3.63, 3.8) is 0 Å². The minimum atomic E-state index is -5.05. The van der Waals surface area contributed by atoms with E-state index in [2.05, 4.69) is 25.3 Å². The number of benzene rings is 1. The zero-order valence-electron chi connectivity index (χ0n) is 16.4. The molecule has 0 saturated carbocycles. The van der Waals surface area contributed by atoms with E-state index in [4.69, 9.17) is 4.74 Å². The highest BCUT2D eigenvalue weighted by Crippen LogP contribution is 2.37. The summed E-state index contributed by atoms with van der Waals surface area (Å²) in [6.07, 6.45) is -9.34. The predicted molar refractivity (Wildman–Crippen MR) is 99.3 cm³/mol. The van der Waals surface area contributed by atoms with Crippen LogP contribution < -0.4 is 15.4 Å². The van der Waals surface area contributed by atoms with Gasteiger partial charge in [-0.1, -0.05) is 6.07 Å². The normalized spacial score (nSPS) is 17.1. The van der Waals surface area contributed by atoms with E-state index >= 15 is 0 Å². The highest BCUT2D eigenvalue weighted by molar-refractivity contribution is 5.65. The van der Waals surface area contributed by atoms with Gasteiger partial charge >= 0.3 is 12.5 Å². The summed E-state index contributed by atoms with van der Waals surface area (Å²) < 4.78 is 87.4. The van der Waals surface area contributed by atoms with Crippen LogP contribution in [0, 0.1) is 0 Å². The topological polar surface area (TPSA) is 88.6 Å². The number of ether oxygens (including phenoxy) is 2. The number of amides is 1. The average molecular weight is 465 g/mol. The third-order valence-electron chi connectivity index (χ3n) is 4.43. The molecule has 1 aliphatic heterocycles. The van der Waals surface area contributed by atoms with Crippen molar-refractivity contribution in [2.45, 2.75) is 18.6 Å². The fourth-order valence-corrected chi connectivity index (χ4v) is 2.98. The van der Waals surface area contributed by atoms with Gasteiger partial charge < -0.3 is 25.0 Å². The van der Waals surface area contributed by atoms with E-state index in [1.807, 2.05) is 0 Å². The Bertz CT molecular complexity index is 969. The van der Waals surface area contributed by atoms with Gasteiger partial charge in [-0.25, -0.2) is 4.98 Å². The molecule has 1 atom stereocenters. The SMILES string of the molecule is CNc1nc(Nc2ccc(C3CN(C=O)CCO3)cc2OC(F)(F)F)ncc1C(F)(F)F. The fraction of sp³-hybridized carbons (Fsp3) is 0.389. The number of nitrogens with one attached hydrogen (secondary N) is 2. The molecule has 3 rings (SSSR count). The van der Waals surface area contributed by atoms with Gasteiger partial charge in [0.15, 0.2) is 5.75 Å². The Kier molecular flexibility index (Phi) is 6.62. The molecular formula is C18H17F6N5O3. The summed E-state index contributed by atoms with van der Waals surface area (Å²) in [4.78, 5) is 19.6. The molecule has 1 aromatic heterocycles. The van der Waals surface area contributed by atoms with Crippen LogP contribution in [0.2, 0.25) is 0 Å². The van der Waals surface area contributed by atoms with Crippen LogP contribution in [-0.4, -0.2) is 54.4 Å². The number of halogens is 6. The first-order chi connectivity index (χ1) is 15.0. The lowest BCUT2D eigenvalue weighted by Gasteiger charge is -2.30. The number of nitrogens with zero attached hydrogens (tertiary/aromatic N) is 3. The van der Waals surface area contributed by atoms with Crippen molar-refractivity contribution in [3.05, 3.63) is 35.5 Å². The molecule has 32 heavy (non-hydrogen) atoms. The number of alkyl halides is 6. The van der Waals surface area contributed by atoms with Crippen molar-refractivity contribution in [1.82, 2.24) is 14.9 Å². The summed E-state index contributed by atoms with van der Waals surface area (Å²) in [7, 11) is 1.21. The Hall–Kier alpha value is -3.29. The third kappa shape index (κ3) is 5.69. The Balaban J connectivity index is 1.92. The lowest BCUT2D eigenvalue weighted by Crippen LogP contribution is -2.37. The van der Waals surface area contributed by atoms with Crippen LogP contribution in [0.3, 0.4) is 0 Å². The summed E-state index contributed by atoms with van der Waals surface area (Å²) in [5, 5.41) is 4.71. The second-order valence-corrected chi connectivity index (χ2v) is 6.59. The van der Waals surface area contributed by atoms with Gasteiger partial charge in [-0.05, 0) is 17.7 Å². The molecule has 8 nitrogen and oxygen atoms in total. The van der Waals surface area contributed by atoms with E-state index in [9.17, 15) is 31.1 Å². The molecule has 1 fully saturated rings. The van der Waals surface area contributed by atoms with Crippen molar-refractivity contribution in [2.24, 2.45) is 0 Å². The molecule has 1 amide bonds. The Labute approximate surface area is 177 Å². The number of rotatable bonds is 6. The lowest BCUT2D eigenvalue weighted by molar-refractivity contribution is -0.274. The molecule has 0 radical (unpaired) electrons. The van der Waals surface area contributed by atoms with Crippen LogP contribution in [0.4, 0.5) is 43.8 Å². The minimum Gasteiger partial charge on any atom is -0.404 e. The molecule has 174 valence electrons. The van der Waals surface area contributed by atoms with Gasteiger partial charge in [-0.3, -0.25) is 4.79 Å². The standard InChI is InChI=1S/C18H17F6N5O3/c1-25-15-11(17(19,20)21)7-26-16(28-15)27-12-3-2-10(6-13(12)32-18(22,23)24)14-8-29(9-30)4-5-31-14/h2-3,6-7,9,14H,4-5,8H2,1H3,(H2,25,26,27,28). The Morgan fingerprint density at radius 1 is 1.25 bits per heavy atom. The van der Waals surface area contributed by atoms with Crippen molar-refractivity contribution >= 4 is 23.9 Å². The van der Waals surface area contributed by atoms with Crippen molar-refractivity contribution in [1.29, 1.82) is 0 Å². The number of carbonyl (C=O) groups is 1. The fourth-order valence-electron chi connectivity index (χ4n) is 2.98. The van der Waals surface area contributed by atoms with E-state index < -0.39 is 35.8 Å². The molecule has 2 heterocycles. The molecule has 1 aromatic carbocycles. The smallest absolute Gasteiger partial charge is 0.404 e. The molecule has 2 aromatic rings. The molecule has 14 heteroatoms. The summed E-state index contributed by atoms with van der Waals surface area (Å²) in [6, 6.07) is 3.73. The van der Waals surface area contributed by atoms with Gasteiger partial charge in [0.2, 0.25) is 12.4 Å². The summed E-state index contributed by atoms with van der Waals surface area (Å²) in [5.74, 6) is -1.62. The Morgan fingerprint density at radius 2 is 2.00 bits per heavy atom. The van der Waals surface area contributed by atoms with E-state index in [0.29, 0.717) is 24.7 Å². The van der Waals surface area contributed by atoms with E-state index in [1.165, 1.54) is 24.1 Å². The number of anilines is 3. The maximum atomic E-state index is 13.0. The highest BCUT2D eigenvalue weighted by atomic mass is 19.4. The first-order valence-corrected chi connectivity index (χ1v) is 9.10. The molecule has 1 aliphatic rings. The monoisotopic (exact) mass is 465 g/mol. The predicted octanol–water partition coefficient (Wildman–Crippen LogP) is 3.71. The van der Waals surface area contributed by atoms with E-state index in [0.717, 1.165) is 6.07 Å². The second-order valence-electron chi connectivity index (χ2n) is 6.59. The molecule has 1 unspecified atom stereocenters. The van der Waals surface area contributed by atoms with Crippen molar-refractivity contribution in [3.8, 4) is 5.75 Å². The van der Waals surface area contributed by atoms with Crippen LogP contribution in [0.15, 0.2) is 24.4 Å². The van der Waals surface area contributed by atoms with Gasteiger partial charge in [-0.2, -0.15) is 18.2 Å². The summed E-state index contributed by atoms with van der Waals surface area (Å²) in [5.41, 5.74) is -1.07. The van der Waals surface area contributed by atoms with Gasteiger partial charge in [-0.15, -0.1) is 13.2 Å². The number of morpholine rings is 1. The summed E-state index contributed by atoms with van der Waals surface area (Å²) in [6.45, 7) is 0.685. The Morgan fingerprint density at radius 3 is 2.62 bits per heavy atom. The molecule has 2 N–H and O–H groups in total. The largest absolute Gasteiger partial charge is 0.573 e. The van der Waals surface area contributed by atoms with Gasteiger partial charge in [0, 0.05) is 19.8 Å². The molecular weight excluding hydrogens is 448 g/mol. The van der Waals surface area contributed by atoms with Crippen LogP contribution in [-0.2, 0) is 15.7 Å². The number of carbonyl (C=O) groups excluding carboxylic acids is 1. The summed E-state index contributed by atoms with van der Waals surface area (Å²) >= 11 is 0. The minimum absolute atomic E-state index is 0.134. The maximum absolute atomic E-state index is 13.0. The lowest BCUT2D eigenvalue weighted by atomic mass is 10.1. The molecule has 0 spiro atoms. The van der Waals surface area contributed by atoms with E-state index in [-0.39, 0.29) is 24.8 Å². The van der Waals surface area contributed by atoms with Crippen LogP contribution in [0.1, 0.15) is 17.2 Å². The highest BCUT2D eigenvalue weighted by Gasteiger charge is 2.36. The van der Waals surface area contributed by atoms with Gasteiger partial charge in [0.05, 0.1) is 18.8 Å². The maximum Gasteiger partial charge on any atom is 0.573 e. The average Bonchev–Trinajstić information content (AvgIpc) is 2.73. The zero-order chi connectivity index (χ0) is 23.5. The molecule has 0 aliphatic carbocycles. The van der Waals surface area contributed by atoms with Crippen LogP contribution in [0.5, 0.6) is 5.75 Å². The zero-order valence-corrected chi connectivity index (χ0v) is 16.4.